The van der Waals surface area contributed by atoms with Crippen LogP contribution in [0.15, 0.2) is 17.3 Å². The number of aliphatic imine (C=N–C) groups is 1. The van der Waals surface area contributed by atoms with Crippen LogP contribution in [-0.4, -0.2) is 23.7 Å². The third-order valence-corrected chi connectivity index (χ3v) is 4.35. The number of pyridine rings is 1. The lowest BCUT2D eigenvalue weighted by Gasteiger charge is -2.26. The minimum absolute atomic E-state index is 0.0849. The maximum atomic E-state index is 12.3. The van der Waals surface area contributed by atoms with Gasteiger partial charge in [0.1, 0.15) is 5.82 Å². The maximum Gasteiger partial charge on any atom is 0.228 e. The number of rotatable bonds is 3. The number of carbonyl (C=O) groups is 1. The van der Waals surface area contributed by atoms with Crippen molar-refractivity contribution in [3.63, 3.8) is 0 Å². The zero-order valence-corrected chi connectivity index (χ0v) is 11.5. The number of nitrogens with zero attached hydrogens (tertiary/aromatic N) is 2. The number of aromatic nitrogens is 1. The van der Waals surface area contributed by atoms with Crippen LogP contribution < -0.4 is 11.1 Å². The monoisotopic (exact) mass is 272 g/mol. The largest absolute Gasteiger partial charge is 0.330 e. The molecule has 1 saturated carbocycles. The van der Waals surface area contributed by atoms with Crippen LogP contribution in [0, 0.1) is 11.8 Å². The average Bonchev–Trinajstić information content (AvgIpc) is 2.97. The Morgan fingerprint density at radius 3 is 2.90 bits per heavy atom. The van der Waals surface area contributed by atoms with E-state index < -0.39 is 0 Å². The number of nitrogens with two attached hydrogens (primary N) is 1. The molecule has 1 fully saturated rings. The van der Waals surface area contributed by atoms with E-state index in [2.05, 4.69) is 15.3 Å². The van der Waals surface area contributed by atoms with E-state index >= 15 is 0 Å². The number of anilines is 1. The quantitative estimate of drug-likeness (QED) is 0.879. The first-order chi connectivity index (χ1) is 9.78. The fraction of sp³-hybridized carbons (Fsp3) is 0.533. The number of hydrogen-bond donors (Lipinski definition) is 2. The van der Waals surface area contributed by atoms with Crippen molar-refractivity contribution in [3.05, 3.63) is 23.4 Å². The normalized spacial score (nSPS) is 24.4. The van der Waals surface area contributed by atoms with Gasteiger partial charge in [0.25, 0.3) is 0 Å². The third kappa shape index (κ3) is 2.58. The van der Waals surface area contributed by atoms with Crippen LogP contribution in [-0.2, 0) is 11.3 Å². The molecule has 1 aromatic heterocycles. The Labute approximate surface area is 118 Å². The number of hydrogen-bond acceptors (Lipinski definition) is 4. The molecule has 5 heteroatoms. The molecule has 0 radical (unpaired) electrons. The second kappa shape index (κ2) is 5.71. The van der Waals surface area contributed by atoms with Gasteiger partial charge in [-0.25, -0.2) is 4.98 Å². The first-order valence-corrected chi connectivity index (χ1v) is 7.26. The molecule has 0 aromatic carbocycles. The molecule has 0 atom stereocenters. The van der Waals surface area contributed by atoms with Crippen LogP contribution in [0.2, 0.25) is 0 Å². The minimum Gasteiger partial charge on any atom is -0.330 e. The summed E-state index contributed by atoms with van der Waals surface area (Å²) in [6, 6.07) is 1.95. The first kappa shape index (κ1) is 13.2. The van der Waals surface area contributed by atoms with Crippen molar-refractivity contribution in [1.82, 2.24) is 4.98 Å². The fourth-order valence-corrected chi connectivity index (χ4v) is 3.01. The average molecular weight is 272 g/mol. The number of amides is 1. The molecule has 0 saturated heterocycles. The van der Waals surface area contributed by atoms with Crippen molar-refractivity contribution in [1.29, 1.82) is 0 Å². The highest BCUT2D eigenvalue weighted by molar-refractivity contribution is 5.98. The van der Waals surface area contributed by atoms with Gasteiger partial charge in [-0.15, -0.1) is 0 Å². The molecule has 106 valence electrons. The summed E-state index contributed by atoms with van der Waals surface area (Å²) >= 11 is 0. The van der Waals surface area contributed by atoms with Crippen molar-refractivity contribution < 1.29 is 4.79 Å². The van der Waals surface area contributed by atoms with Gasteiger partial charge in [0.2, 0.25) is 5.91 Å². The lowest BCUT2D eigenvalue weighted by molar-refractivity contribution is -0.121. The van der Waals surface area contributed by atoms with Gasteiger partial charge in [0.15, 0.2) is 0 Å². The van der Waals surface area contributed by atoms with Crippen molar-refractivity contribution in [2.45, 2.75) is 32.2 Å². The van der Waals surface area contributed by atoms with Gasteiger partial charge in [0, 0.05) is 23.9 Å². The van der Waals surface area contributed by atoms with Crippen LogP contribution >= 0.6 is 0 Å². The Kier molecular flexibility index (Phi) is 3.78. The Morgan fingerprint density at radius 1 is 1.35 bits per heavy atom. The van der Waals surface area contributed by atoms with Crippen LogP contribution in [0.3, 0.4) is 0 Å². The third-order valence-electron chi connectivity index (χ3n) is 4.35. The second-order valence-electron chi connectivity index (χ2n) is 5.64. The van der Waals surface area contributed by atoms with Crippen LogP contribution in [0.25, 0.3) is 0 Å². The molecule has 0 bridgehead atoms. The summed E-state index contributed by atoms with van der Waals surface area (Å²) < 4.78 is 0. The summed E-state index contributed by atoms with van der Waals surface area (Å²) in [4.78, 5) is 20.8. The first-order valence-electron chi connectivity index (χ1n) is 7.26. The maximum absolute atomic E-state index is 12.3. The molecule has 2 heterocycles. The Hall–Kier alpha value is -1.75. The Balaban J connectivity index is 1.65. The molecule has 0 unspecified atom stereocenters. The minimum atomic E-state index is 0.0849. The van der Waals surface area contributed by atoms with Crippen molar-refractivity contribution >= 4 is 17.9 Å². The standard InChI is InChI=1S/C15H20N4O/c16-7-10-1-3-11(4-2-10)15(20)19-14-13-9-17-8-12(13)5-6-18-14/h5-6,9-11H,1-4,7-8,16H2,(H,18,19,20). The van der Waals surface area contributed by atoms with Gasteiger partial charge in [-0.05, 0) is 49.8 Å². The molecule has 3 rings (SSSR count). The molecule has 2 aliphatic rings. The van der Waals surface area contributed by atoms with Gasteiger partial charge in [0.05, 0.1) is 6.54 Å². The highest BCUT2D eigenvalue weighted by Gasteiger charge is 2.26. The molecule has 1 amide bonds. The fourth-order valence-electron chi connectivity index (χ4n) is 3.01. The summed E-state index contributed by atoms with van der Waals surface area (Å²) in [7, 11) is 0. The summed E-state index contributed by atoms with van der Waals surface area (Å²) in [5.74, 6) is 1.41. The SMILES string of the molecule is NCC1CCC(C(=O)Nc2nccc3c2C=NC3)CC1. The molecule has 0 spiro atoms. The smallest absolute Gasteiger partial charge is 0.228 e. The molecule has 20 heavy (non-hydrogen) atoms. The van der Waals surface area contributed by atoms with E-state index in [0.29, 0.717) is 18.3 Å². The summed E-state index contributed by atoms with van der Waals surface area (Å²) in [5, 5.41) is 2.97. The molecular formula is C15H20N4O. The van der Waals surface area contributed by atoms with E-state index in [-0.39, 0.29) is 11.8 Å². The summed E-state index contributed by atoms with van der Waals surface area (Å²) in [5.41, 5.74) is 7.77. The number of nitrogens with one attached hydrogen (secondary N) is 1. The summed E-state index contributed by atoms with van der Waals surface area (Å²) in [6.45, 7) is 1.42. The predicted molar refractivity (Wildman–Crippen MR) is 78.7 cm³/mol. The van der Waals surface area contributed by atoms with E-state index in [1.54, 1.807) is 12.4 Å². The van der Waals surface area contributed by atoms with Gasteiger partial charge in [-0.2, -0.15) is 0 Å². The second-order valence-corrected chi connectivity index (χ2v) is 5.64. The zero-order chi connectivity index (χ0) is 13.9. The molecule has 1 aromatic rings. The van der Waals surface area contributed by atoms with Crippen LogP contribution in [0.5, 0.6) is 0 Å². The molecule has 3 N–H and O–H groups in total. The van der Waals surface area contributed by atoms with E-state index in [1.165, 1.54) is 0 Å². The topological polar surface area (TPSA) is 80.4 Å². The summed E-state index contributed by atoms with van der Waals surface area (Å²) in [6.07, 6.45) is 7.48. The lowest BCUT2D eigenvalue weighted by Crippen LogP contribution is -2.30. The van der Waals surface area contributed by atoms with Crippen molar-refractivity contribution in [2.75, 3.05) is 11.9 Å². The van der Waals surface area contributed by atoms with E-state index in [9.17, 15) is 4.79 Å². The lowest BCUT2D eigenvalue weighted by atomic mass is 9.81. The van der Waals surface area contributed by atoms with Gasteiger partial charge < -0.3 is 11.1 Å². The molecule has 1 aliphatic carbocycles. The highest BCUT2D eigenvalue weighted by Crippen LogP contribution is 2.29. The van der Waals surface area contributed by atoms with E-state index in [1.807, 2.05) is 6.07 Å². The van der Waals surface area contributed by atoms with Gasteiger partial charge >= 0.3 is 0 Å². The van der Waals surface area contributed by atoms with Crippen molar-refractivity contribution in [3.8, 4) is 0 Å². The predicted octanol–water partition coefficient (Wildman–Crippen LogP) is 1.72. The van der Waals surface area contributed by atoms with Crippen LogP contribution in [0.1, 0.15) is 36.8 Å². The van der Waals surface area contributed by atoms with Gasteiger partial charge in [-0.3, -0.25) is 9.79 Å². The Bertz CT molecular complexity index is 533. The van der Waals surface area contributed by atoms with Gasteiger partial charge in [-0.1, -0.05) is 0 Å². The van der Waals surface area contributed by atoms with E-state index in [0.717, 1.165) is 43.4 Å². The zero-order valence-electron chi connectivity index (χ0n) is 11.5. The van der Waals surface area contributed by atoms with Crippen molar-refractivity contribution in [2.24, 2.45) is 22.6 Å². The van der Waals surface area contributed by atoms with Crippen LogP contribution in [0.4, 0.5) is 5.82 Å². The highest BCUT2D eigenvalue weighted by atomic mass is 16.1. The molecule has 5 nitrogen and oxygen atoms in total. The number of fused-ring (bicyclic) bond motifs is 1. The number of carbonyl (C=O) groups excluding carboxylic acids is 1. The van der Waals surface area contributed by atoms with E-state index in [4.69, 9.17) is 5.73 Å². The Morgan fingerprint density at radius 2 is 2.15 bits per heavy atom. The molecule has 1 aliphatic heterocycles. The molecular weight excluding hydrogens is 252 g/mol.